The topological polar surface area (TPSA) is 75.6 Å². The number of ether oxygens (including phenoxy) is 1. The Bertz CT molecular complexity index is 571. The number of carbonyl (C=O) groups excluding carboxylic acids is 1. The first kappa shape index (κ1) is 23.1. The lowest BCUT2D eigenvalue weighted by molar-refractivity contribution is -0.149. The molecule has 1 aliphatic rings. The molecule has 8 heteroatoms. The fraction of sp³-hybridized carbons (Fsp3) is 0.722. The summed E-state index contributed by atoms with van der Waals surface area (Å²) in [5.74, 6) is 0.840. The number of aromatic nitrogens is 1. The number of guanidine groups is 1. The van der Waals surface area contributed by atoms with Crippen LogP contribution >= 0.6 is 35.3 Å². The van der Waals surface area contributed by atoms with E-state index in [0.717, 1.165) is 49.6 Å². The fourth-order valence-electron chi connectivity index (χ4n) is 2.98. The van der Waals surface area contributed by atoms with Crippen molar-refractivity contribution in [3.05, 3.63) is 16.1 Å². The van der Waals surface area contributed by atoms with Crippen LogP contribution < -0.4 is 10.6 Å². The van der Waals surface area contributed by atoms with Crippen molar-refractivity contribution in [1.29, 1.82) is 0 Å². The zero-order valence-electron chi connectivity index (χ0n) is 15.9. The van der Waals surface area contributed by atoms with Crippen molar-refractivity contribution in [2.45, 2.75) is 65.5 Å². The van der Waals surface area contributed by atoms with Crippen molar-refractivity contribution in [3.63, 3.8) is 0 Å². The van der Waals surface area contributed by atoms with Crippen molar-refractivity contribution >= 4 is 47.2 Å². The number of hydrogen-bond acceptors (Lipinski definition) is 5. The Morgan fingerprint density at radius 3 is 2.62 bits per heavy atom. The maximum absolute atomic E-state index is 11.8. The van der Waals surface area contributed by atoms with E-state index in [-0.39, 0.29) is 35.9 Å². The zero-order valence-corrected chi connectivity index (χ0v) is 19.1. The summed E-state index contributed by atoms with van der Waals surface area (Å²) >= 11 is 1.72. The maximum atomic E-state index is 11.8. The van der Waals surface area contributed by atoms with Gasteiger partial charge in [0.2, 0.25) is 0 Å². The molecule has 0 atom stereocenters. The number of esters is 1. The molecule has 0 saturated heterocycles. The van der Waals surface area contributed by atoms with E-state index in [1.807, 2.05) is 13.1 Å². The molecule has 1 aromatic rings. The molecule has 1 aromatic heterocycles. The largest absolute Gasteiger partial charge is 0.466 e. The van der Waals surface area contributed by atoms with Crippen LogP contribution in [0.2, 0.25) is 0 Å². The third-order valence-electron chi connectivity index (χ3n) is 4.35. The number of thiazole rings is 1. The first-order valence-electron chi connectivity index (χ1n) is 9.31. The van der Waals surface area contributed by atoms with Gasteiger partial charge >= 0.3 is 5.97 Å². The molecule has 0 unspecified atom stereocenters. The minimum absolute atomic E-state index is 0. The molecule has 0 aliphatic heterocycles. The Balaban J connectivity index is 0.00000338. The van der Waals surface area contributed by atoms with Gasteiger partial charge in [0, 0.05) is 23.7 Å². The van der Waals surface area contributed by atoms with Crippen LogP contribution in [0.15, 0.2) is 11.2 Å². The van der Waals surface area contributed by atoms with Gasteiger partial charge in [0.05, 0.1) is 19.1 Å². The highest BCUT2D eigenvalue weighted by atomic mass is 127. The smallest absolute Gasteiger partial charge is 0.308 e. The molecule has 1 aliphatic carbocycles. The quantitative estimate of drug-likeness (QED) is 0.263. The first-order valence-corrected chi connectivity index (χ1v) is 10.1. The summed E-state index contributed by atoms with van der Waals surface area (Å²) in [7, 11) is 0. The van der Waals surface area contributed by atoms with E-state index in [2.05, 4.69) is 34.5 Å². The summed E-state index contributed by atoms with van der Waals surface area (Å²) in [5.41, 5.74) is 0. The van der Waals surface area contributed by atoms with Gasteiger partial charge in [0.25, 0.3) is 0 Å². The van der Waals surface area contributed by atoms with Crippen molar-refractivity contribution in [2.75, 3.05) is 13.2 Å². The molecule has 0 bridgehead atoms. The van der Waals surface area contributed by atoms with Crippen molar-refractivity contribution in [2.24, 2.45) is 10.9 Å². The Kier molecular flexibility index (Phi) is 11.1. The molecule has 148 valence electrons. The van der Waals surface area contributed by atoms with Crippen LogP contribution in [0, 0.1) is 5.92 Å². The van der Waals surface area contributed by atoms with Gasteiger partial charge in [-0.3, -0.25) is 4.79 Å². The van der Waals surface area contributed by atoms with E-state index in [1.54, 1.807) is 11.3 Å². The van der Waals surface area contributed by atoms with Crippen LogP contribution in [-0.2, 0) is 22.5 Å². The third-order valence-corrected chi connectivity index (χ3v) is 5.48. The van der Waals surface area contributed by atoms with Gasteiger partial charge < -0.3 is 15.4 Å². The Morgan fingerprint density at radius 2 is 2.04 bits per heavy atom. The monoisotopic (exact) mass is 494 g/mol. The van der Waals surface area contributed by atoms with Gasteiger partial charge in [-0.2, -0.15) is 0 Å². The standard InChI is InChI=1S/C18H30N4O2S.HI/c1-4-15-11-20-16(25-15)12-21-18(19-5-2)22-14-9-7-13(8-10-14)17(23)24-6-3;/h11,13-14H,4-10,12H2,1-3H3,(H2,19,21,22);1H. The fourth-order valence-corrected chi connectivity index (χ4v) is 3.77. The van der Waals surface area contributed by atoms with Gasteiger partial charge in [0.1, 0.15) is 5.01 Å². The highest BCUT2D eigenvalue weighted by Gasteiger charge is 2.27. The number of carbonyl (C=O) groups is 1. The molecule has 6 nitrogen and oxygen atoms in total. The van der Waals surface area contributed by atoms with Crippen molar-refractivity contribution in [3.8, 4) is 0 Å². The molecular weight excluding hydrogens is 463 g/mol. The zero-order chi connectivity index (χ0) is 18.1. The van der Waals surface area contributed by atoms with Crippen LogP contribution in [0.4, 0.5) is 0 Å². The third kappa shape index (κ3) is 7.38. The predicted molar refractivity (Wildman–Crippen MR) is 117 cm³/mol. The number of hydrogen-bond donors (Lipinski definition) is 2. The second-order valence-corrected chi connectivity index (χ2v) is 7.41. The van der Waals surface area contributed by atoms with E-state index < -0.39 is 0 Å². The Morgan fingerprint density at radius 1 is 1.31 bits per heavy atom. The summed E-state index contributed by atoms with van der Waals surface area (Å²) in [6, 6.07) is 0.353. The number of rotatable bonds is 7. The summed E-state index contributed by atoms with van der Waals surface area (Å²) in [6.07, 6.45) is 6.64. The molecule has 1 saturated carbocycles. The number of nitrogens with one attached hydrogen (secondary N) is 2. The SMILES string of the molecule is CCNC(=NCc1ncc(CC)s1)NC1CCC(C(=O)OCC)CC1.I. The van der Waals surface area contributed by atoms with Gasteiger partial charge in [-0.25, -0.2) is 9.98 Å². The Hall–Kier alpha value is -0.900. The minimum atomic E-state index is -0.0444. The minimum Gasteiger partial charge on any atom is -0.466 e. The molecule has 0 spiro atoms. The number of aryl methyl sites for hydroxylation is 1. The van der Waals surface area contributed by atoms with Gasteiger partial charge in [0.15, 0.2) is 5.96 Å². The van der Waals surface area contributed by atoms with Crippen molar-refractivity contribution < 1.29 is 9.53 Å². The van der Waals surface area contributed by atoms with E-state index >= 15 is 0 Å². The molecule has 1 heterocycles. The van der Waals surface area contributed by atoms with Gasteiger partial charge in [-0.15, -0.1) is 35.3 Å². The molecule has 0 amide bonds. The average molecular weight is 494 g/mol. The second-order valence-electron chi connectivity index (χ2n) is 6.21. The molecule has 0 aromatic carbocycles. The van der Waals surface area contributed by atoms with E-state index in [4.69, 9.17) is 4.74 Å². The van der Waals surface area contributed by atoms with Gasteiger partial charge in [-0.1, -0.05) is 6.92 Å². The highest BCUT2D eigenvalue weighted by Crippen LogP contribution is 2.25. The molecule has 0 radical (unpaired) electrons. The van der Waals surface area contributed by atoms with Crippen LogP contribution in [0.5, 0.6) is 0 Å². The molecule has 26 heavy (non-hydrogen) atoms. The average Bonchev–Trinajstić information content (AvgIpc) is 3.09. The lowest BCUT2D eigenvalue weighted by atomic mass is 9.86. The molecule has 2 rings (SSSR count). The molecular formula is C18H31IN4O2S. The Labute approximate surface area is 177 Å². The molecule has 2 N–H and O–H groups in total. The summed E-state index contributed by atoms with van der Waals surface area (Å²) < 4.78 is 5.13. The lowest BCUT2D eigenvalue weighted by Gasteiger charge is -2.29. The number of halogens is 1. The second kappa shape index (κ2) is 12.5. The lowest BCUT2D eigenvalue weighted by Crippen LogP contribution is -2.45. The van der Waals surface area contributed by atoms with E-state index in [1.165, 1.54) is 4.88 Å². The van der Waals surface area contributed by atoms with Crippen LogP contribution in [0.25, 0.3) is 0 Å². The highest BCUT2D eigenvalue weighted by molar-refractivity contribution is 14.0. The normalized spacial score (nSPS) is 20.2. The summed E-state index contributed by atoms with van der Waals surface area (Å²) in [4.78, 5) is 22.2. The maximum Gasteiger partial charge on any atom is 0.308 e. The van der Waals surface area contributed by atoms with Gasteiger partial charge in [-0.05, 0) is 46.0 Å². The van der Waals surface area contributed by atoms with Crippen LogP contribution in [0.1, 0.15) is 56.3 Å². The first-order chi connectivity index (χ1) is 12.2. The van der Waals surface area contributed by atoms with Crippen LogP contribution in [0.3, 0.4) is 0 Å². The van der Waals surface area contributed by atoms with Crippen LogP contribution in [-0.4, -0.2) is 36.1 Å². The number of nitrogens with zero attached hydrogens (tertiary/aromatic N) is 2. The predicted octanol–water partition coefficient (Wildman–Crippen LogP) is 3.50. The van der Waals surface area contributed by atoms with E-state index in [0.29, 0.717) is 19.2 Å². The summed E-state index contributed by atoms with van der Waals surface area (Å²) in [6.45, 7) is 7.94. The number of aliphatic imine (C=N–C) groups is 1. The van der Waals surface area contributed by atoms with E-state index in [9.17, 15) is 4.79 Å². The molecule has 1 fully saturated rings. The summed E-state index contributed by atoms with van der Waals surface area (Å²) in [5, 5.41) is 7.84. The van der Waals surface area contributed by atoms with Crippen molar-refractivity contribution in [1.82, 2.24) is 15.6 Å².